The number of pyridine rings is 1. The van der Waals surface area contributed by atoms with Gasteiger partial charge in [-0.05, 0) is 12.5 Å². The molecule has 1 aromatic heterocycles. The fourth-order valence-electron chi connectivity index (χ4n) is 1.42. The molecular formula is C11H17N3O. The number of carbonyl (C=O) groups excluding carboxylic acids is 1. The monoisotopic (exact) mass is 207 g/mol. The van der Waals surface area contributed by atoms with Crippen LogP contribution in [0.5, 0.6) is 0 Å². The molecule has 4 nitrogen and oxygen atoms in total. The molecule has 0 atom stereocenters. The average molecular weight is 207 g/mol. The molecule has 0 aliphatic carbocycles. The van der Waals surface area contributed by atoms with Crippen LogP contribution >= 0.6 is 0 Å². The number of hydrogen-bond donors (Lipinski definition) is 1. The maximum absolute atomic E-state index is 12.0. The molecular weight excluding hydrogens is 190 g/mol. The molecule has 1 aromatic rings. The molecule has 0 saturated carbocycles. The van der Waals surface area contributed by atoms with Crippen LogP contribution in [0.4, 0.5) is 5.69 Å². The minimum Gasteiger partial charge on any atom is -0.386 e. The molecule has 0 aliphatic rings. The summed E-state index contributed by atoms with van der Waals surface area (Å²) in [6.07, 6.45) is 4.25. The molecule has 4 heteroatoms. The zero-order valence-electron chi connectivity index (χ0n) is 9.45. The summed E-state index contributed by atoms with van der Waals surface area (Å²) >= 11 is 0. The molecule has 1 amide bonds. The lowest BCUT2D eigenvalue weighted by Gasteiger charge is -2.17. The molecule has 82 valence electrons. The number of carbonyl (C=O) groups is 1. The summed E-state index contributed by atoms with van der Waals surface area (Å²) in [5.41, 5.74) is 1.44. The van der Waals surface area contributed by atoms with Crippen molar-refractivity contribution in [3.8, 4) is 0 Å². The van der Waals surface area contributed by atoms with Gasteiger partial charge in [0.15, 0.2) is 0 Å². The van der Waals surface area contributed by atoms with E-state index in [1.807, 2.05) is 7.05 Å². The second-order valence-electron chi connectivity index (χ2n) is 3.40. The Kier molecular flexibility index (Phi) is 4.09. The number of anilines is 1. The molecule has 1 rings (SSSR count). The number of nitrogens with one attached hydrogen (secondary N) is 1. The van der Waals surface area contributed by atoms with Gasteiger partial charge < -0.3 is 10.2 Å². The SMILES string of the molecule is CCCN(C)C(=O)c1ccncc1NC. The van der Waals surface area contributed by atoms with Crippen LogP contribution in [0.3, 0.4) is 0 Å². The van der Waals surface area contributed by atoms with Crippen molar-refractivity contribution in [1.82, 2.24) is 9.88 Å². The van der Waals surface area contributed by atoms with Crippen LogP contribution < -0.4 is 5.32 Å². The lowest BCUT2D eigenvalue weighted by molar-refractivity contribution is 0.0796. The Balaban J connectivity index is 2.90. The zero-order chi connectivity index (χ0) is 11.3. The molecule has 15 heavy (non-hydrogen) atoms. The highest BCUT2D eigenvalue weighted by molar-refractivity contribution is 5.99. The number of hydrogen-bond acceptors (Lipinski definition) is 3. The Hall–Kier alpha value is -1.58. The Morgan fingerprint density at radius 3 is 2.93 bits per heavy atom. The van der Waals surface area contributed by atoms with Gasteiger partial charge in [-0.2, -0.15) is 0 Å². The molecule has 0 unspecified atom stereocenters. The van der Waals surface area contributed by atoms with Gasteiger partial charge in [0.1, 0.15) is 0 Å². The predicted octanol–water partition coefficient (Wildman–Crippen LogP) is 1.61. The summed E-state index contributed by atoms with van der Waals surface area (Å²) in [6.45, 7) is 2.82. The van der Waals surface area contributed by atoms with Gasteiger partial charge in [0.25, 0.3) is 5.91 Å². The molecule has 0 spiro atoms. The first-order valence-corrected chi connectivity index (χ1v) is 5.08. The summed E-state index contributed by atoms with van der Waals surface area (Å²) < 4.78 is 0. The minimum atomic E-state index is 0.0311. The largest absolute Gasteiger partial charge is 0.386 e. The predicted molar refractivity (Wildman–Crippen MR) is 61.0 cm³/mol. The number of rotatable bonds is 4. The van der Waals surface area contributed by atoms with Crippen LogP contribution in [-0.2, 0) is 0 Å². The van der Waals surface area contributed by atoms with Gasteiger partial charge in [-0.25, -0.2) is 0 Å². The van der Waals surface area contributed by atoms with Gasteiger partial charge in [-0.15, -0.1) is 0 Å². The van der Waals surface area contributed by atoms with Crippen molar-refractivity contribution < 1.29 is 4.79 Å². The number of aromatic nitrogens is 1. The molecule has 0 radical (unpaired) electrons. The maximum Gasteiger partial charge on any atom is 0.255 e. The van der Waals surface area contributed by atoms with Crippen LogP contribution in [0, 0.1) is 0 Å². The van der Waals surface area contributed by atoms with E-state index in [1.54, 1.807) is 30.4 Å². The van der Waals surface area contributed by atoms with Crippen molar-refractivity contribution in [3.63, 3.8) is 0 Å². The Bertz CT molecular complexity index is 338. The standard InChI is InChI=1S/C11H17N3O/c1-4-7-14(3)11(15)9-5-6-13-8-10(9)12-2/h5-6,8,12H,4,7H2,1-3H3. The Morgan fingerprint density at radius 1 is 1.60 bits per heavy atom. The first-order chi connectivity index (χ1) is 7.20. The van der Waals surface area contributed by atoms with Gasteiger partial charge in [-0.1, -0.05) is 6.92 Å². The third-order valence-corrected chi connectivity index (χ3v) is 2.23. The number of nitrogens with zero attached hydrogens (tertiary/aromatic N) is 2. The van der Waals surface area contributed by atoms with Crippen molar-refractivity contribution in [2.75, 3.05) is 26.0 Å². The fourth-order valence-corrected chi connectivity index (χ4v) is 1.42. The first-order valence-electron chi connectivity index (χ1n) is 5.08. The lowest BCUT2D eigenvalue weighted by Crippen LogP contribution is -2.28. The summed E-state index contributed by atoms with van der Waals surface area (Å²) in [5.74, 6) is 0.0311. The molecule has 1 heterocycles. The van der Waals surface area contributed by atoms with Gasteiger partial charge >= 0.3 is 0 Å². The van der Waals surface area contributed by atoms with E-state index in [-0.39, 0.29) is 5.91 Å². The highest BCUT2D eigenvalue weighted by atomic mass is 16.2. The third kappa shape index (κ3) is 2.68. The van der Waals surface area contributed by atoms with Crippen molar-refractivity contribution in [3.05, 3.63) is 24.0 Å². The maximum atomic E-state index is 12.0. The molecule has 0 bridgehead atoms. The Labute approximate surface area is 90.3 Å². The van der Waals surface area contributed by atoms with Crippen LogP contribution in [0.25, 0.3) is 0 Å². The summed E-state index contributed by atoms with van der Waals surface area (Å²) in [5, 5.41) is 2.96. The highest BCUT2D eigenvalue weighted by Crippen LogP contribution is 2.14. The van der Waals surface area contributed by atoms with E-state index in [0.717, 1.165) is 18.7 Å². The van der Waals surface area contributed by atoms with Crippen LogP contribution in [-0.4, -0.2) is 36.4 Å². The summed E-state index contributed by atoms with van der Waals surface area (Å²) in [7, 11) is 3.60. The quantitative estimate of drug-likeness (QED) is 0.815. The van der Waals surface area contributed by atoms with Crippen LogP contribution in [0.1, 0.15) is 23.7 Å². The van der Waals surface area contributed by atoms with Gasteiger partial charge in [0.2, 0.25) is 0 Å². The highest BCUT2D eigenvalue weighted by Gasteiger charge is 2.14. The normalized spacial score (nSPS) is 9.80. The van der Waals surface area contributed by atoms with Crippen LogP contribution in [0.2, 0.25) is 0 Å². The molecule has 0 saturated heterocycles. The van der Waals surface area contributed by atoms with E-state index in [0.29, 0.717) is 5.56 Å². The smallest absolute Gasteiger partial charge is 0.255 e. The van der Waals surface area contributed by atoms with Crippen molar-refractivity contribution in [2.24, 2.45) is 0 Å². The minimum absolute atomic E-state index is 0.0311. The van der Waals surface area contributed by atoms with Gasteiger partial charge in [-0.3, -0.25) is 9.78 Å². The van der Waals surface area contributed by atoms with E-state index >= 15 is 0 Å². The third-order valence-electron chi connectivity index (χ3n) is 2.23. The van der Waals surface area contributed by atoms with Gasteiger partial charge in [0.05, 0.1) is 17.4 Å². The Morgan fingerprint density at radius 2 is 2.33 bits per heavy atom. The van der Waals surface area contributed by atoms with E-state index in [2.05, 4.69) is 17.2 Å². The van der Waals surface area contributed by atoms with E-state index in [4.69, 9.17) is 0 Å². The second kappa shape index (κ2) is 5.34. The van der Waals surface area contributed by atoms with Crippen molar-refractivity contribution in [1.29, 1.82) is 0 Å². The van der Waals surface area contributed by atoms with Gasteiger partial charge in [0, 0.05) is 26.8 Å². The second-order valence-corrected chi connectivity index (χ2v) is 3.40. The first kappa shape index (κ1) is 11.5. The lowest BCUT2D eigenvalue weighted by atomic mass is 10.2. The molecule has 1 N–H and O–H groups in total. The average Bonchev–Trinajstić information content (AvgIpc) is 2.28. The molecule has 0 aromatic carbocycles. The summed E-state index contributed by atoms with van der Waals surface area (Å²) in [4.78, 5) is 17.7. The topological polar surface area (TPSA) is 45.2 Å². The number of amides is 1. The van der Waals surface area contributed by atoms with E-state index in [1.165, 1.54) is 0 Å². The molecule has 0 aliphatic heterocycles. The van der Waals surface area contributed by atoms with Crippen molar-refractivity contribution >= 4 is 11.6 Å². The molecule has 0 fully saturated rings. The van der Waals surface area contributed by atoms with Crippen molar-refractivity contribution in [2.45, 2.75) is 13.3 Å². The summed E-state index contributed by atoms with van der Waals surface area (Å²) in [6, 6.07) is 1.74. The fraction of sp³-hybridized carbons (Fsp3) is 0.455. The zero-order valence-corrected chi connectivity index (χ0v) is 9.45. The van der Waals surface area contributed by atoms with E-state index in [9.17, 15) is 4.79 Å². The van der Waals surface area contributed by atoms with E-state index < -0.39 is 0 Å². The van der Waals surface area contributed by atoms with Crippen LogP contribution in [0.15, 0.2) is 18.5 Å².